The summed E-state index contributed by atoms with van der Waals surface area (Å²) in [5, 5.41) is 0. The third-order valence-electron chi connectivity index (χ3n) is 4.33. The van der Waals surface area contributed by atoms with E-state index in [1.807, 2.05) is 0 Å². The van der Waals surface area contributed by atoms with Gasteiger partial charge in [0.2, 0.25) is 0 Å². The van der Waals surface area contributed by atoms with Gasteiger partial charge in [0.05, 0.1) is 0 Å². The van der Waals surface area contributed by atoms with E-state index in [4.69, 9.17) is 5.73 Å². The molecule has 16 heavy (non-hydrogen) atoms. The van der Waals surface area contributed by atoms with Crippen molar-refractivity contribution in [3.05, 3.63) is 0 Å². The van der Waals surface area contributed by atoms with Crippen molar-refractivity contribution >= 4 is 0 Å². The molecule has 0 saturated heterocycles. The van der Waals surface area contributed by atoms with Gasteiger partial charge >= 0.3 is 0 Å². The number of nitrogens with zero attached hydrogens (tertiary/aromatic N) is 1. The Morgan fingerprint density at radius 1 is 1.19 bits per heavy atom. The first kappa shape index (κ1) is 12.4. The van der Waals surface area contributed by atoms with Crippen LogP contribution < -0.4 is 5.73 Å². The van der Waals surface area contributed by atoms with Gasteiger partial charge in [-0.15, -0.1) is 0 Å². The fraction of sp³-hybridized carbons (Fsp3) is 1.00. The summed E-state index contributed by atoms with van der Waals surface area (Å²) in [6.07, 6.45) is 7.06. The molecule has 0 amide bonds. The lowest BCUT2D eigenvalue weighted by Gasteiger charge is -2.44. The standard InChI is InChI=1S/C14H28N2/c1-11(2)16(9-13-6-7-13)14(3,10-15)8-12-4-5-12/h11-13H,4-10,15H2,1-3H3. The lowest BCUT2D eigenvalue weighted by molar-refractivity contribution is 0.0586. The van der Waals surface area contributed by atoms with Crippen LogP contribution in [0.25, 0.3) is 0 Å². The van der Waals surface area contributed by atoms with Crippen molar-refractivity contribution in [3.8, 4) is 0 Å². The summed E-state index contributed by atoms with van der Waals surface area (Å²) in [4.78, 5) is 2.68. The molecule has 0 aromatic heterocycles. The quantitative estimate of drug-likeness (QED) is 0.720. The van der Waals surface area contributed by atoms with Gasteiger partial charge in [0.15, 0.2) is 0 Å². The van der Waals surface area contributed by atoms with Crippen molar-refractivity contribution in [3.63, 3.8) is 0 Å². The Kier molecular flexibility index (Phi) is 3.60. The lowest BCUT2D eigenvalue weighted by Crippen LogP contribution is -2.55. The van der Waals surface area contributed by atoms with Gasteiger partial charge in [-0.3, -0.25) is 4.90 Å². The monoisotopic (exact) mass is 224 g/mol. The molecule has 2 saturated carbocycles. The molecule has 0 heterocycles. The van der Waals surface area contributed by atoms with E-state index in [9.17, 15) is 0 Å². The molecule has 2 aliphatic carbocycles. The predicted octanol–water partition coefficient (Wildman–Crippen LogP) is 2.62. The highest BCUT2D eigenvalue weighted by Gasteiger charge is 2.40. The average molecular weight is 224 g/mol. The number of rotatable bonds is 7. The number of nitrogens with two attached hydrogens (primary N) is 1. The zero-order valence-electron chi connectivity index (χ0n) is 11.2. The third-order valence-corrected chi connectivity index (χ3v) is 4.33. The summed E-state index contributed by atoms with van der Waals surface area (Å²) < 4.78 is 0. The molecular weight excluding hydrogens is 196 g/mol. The molecule has 2 N–H and O–H groups in total. The van der Waals surface area contributed by atoms with E-state index >= 15 is 0 Å². The first-order chi connectivity index (χ1) is 7.55. The van der Waals surface area contributed by atoms with Gasteiger partial charge in [-0.2, -0.15) is 0 Å². The van der Waals surface area contributed by atoms with Crippen molar-refractivity contribution < 1.29 is 0 Å². The van der Waals surface area contributed by atoms with Crippen molar-refractivity contribution in [1.82, 2.24) is 4.90 Å². The Morgan fingerprint density at radius 2 is 1.75 bits per heavy atom. The maximum atomic E-state index is 6.08. The molecule has 0 radical (unpaired) electrons. The molecule has 2 fully saturated rings. The zero-order chi connectivity index (χ0) is 11.8. The topological polar surface area (TPSA) is 29.3 Å². The van der Waals surface area contributed by atoms with Gasteiger partial charge in [-0.1, -0.05) is 12.8 Å². The average Bonchev–Trinajstić information content (AvgIpc) is 3.08. The molecule has 0 aliphatic heterocycles. The molecule has 2 heteroatoms. The highest BCUT2D eigenvalue weighted by Crippen LogP contribution is 2.40. The predicted molar refractivity (Wildman–Crippen MR) is 69.4 cm³/mol. The second-order valence-electron chi connectivity index (χ2n) is 6.54. The van der Waals surface area contributed by atoms with Gasteiger partial charge in [0, 0.05) is 24.7 Å². The highest BCUT2D eigenvalue weighted by molar-refractivity contribution is 4.96. The maximum absolute atomic E-state index is 6.08. The van der Waals surface area contributed by atoms with Crippen LogP contribution in [0.4, 0.5) is 0 Å². The molecule has 2 nitrogen and oxygen atoms in total. The van der Waals surface area contributed by atoms with E-state index in [1.54, 1.807) is 0 Å². The second-order valence-corrected chi connectivity index (χ2v) is 6.54. The van der Waals surface area contributed by atoms with Crippen LogP contribution in [0, 0.1) is 11.8 Å². The minimum atomic E-state index is 0.248. The first-order valence-corrected chi connectivity index (χ1v) is 7.02. The summed E-state index contributed by atoms with van der Waals surface area (Å²) >= 11 is 0. The molecule has 0 aromatic carbocycles. The van der Waals surface area contributed by atoms with Gasteiger partial charge in [0.25, 0.3) is 0 Å². The molecule has 0 aromatic rings. The smallest absolute Gasteiger partial charge is 0.0309 e. The summed E-state index contributed by atoms with van der Waals surface area (Å²) in [7, 11) is 0. The van der Waals surface area contributed by atoms with Crippen molar-refractivity contribution in [2.45, 2.75) is 64.5 Å². The van der Waals surface area contributed by atoms with Crippen LogP contribution in [0.1, 0.15) is 52.9 Å². The molecule has 94 valence electrons. The van der Waals surface area contributed by atoms with Crippen LogP contribution in [-0.2, 0) is 0 Å². The minimum absolute atomic E-state index is 0.248. The van der Waals surface area contributed by atoms with Gasteiger partial charge in [0.1, 0.15) is 0 Å². The van der Waals surface area contributed by atoms with E-state index in [2.05, 4.69) is 25.7 Å². The third kappa shape index (κ3) is 2.98. The summed E-state index contributed by atoms with van der Waals surface area (Å²) in [5.74, 6) is 1.93. The Morgan fingerprint density at radius 3 is 2.12 bits per heavy atom. The van der Waals surface area contributed by atoms with E-state index in [-0.39, 0.29) is 5.54 Å². The van der Waals surface area contributed by atoms with Crippen molar-refractivity contribution in [2.75, 3.05) is 13.1 Å². The van der Waals surface area contributed by atoms with Gasteiger partial charge in [-0.25, -0.2) is 0 Å². The summed E-state index contributed by atoms with van der Waals surface area (Å²) in [6, 6.07) is 0.632. The normalized spacial score (nSPS) is 25.1. The fourth-order valence-corrected chi connectivity index (χ4v) is 2.89. The van der Waals surface area contributed by atoms with E-state index in [1.165, 1.54) is 38.6 Å². The van der Waals surface area contributed by atoms with E-state index < -0.39 is 0 Å². The zero-order valence-corrected chi connectivity index (χ0v) is 11.2. The van der Waals surface area contributed by atoms with Gasteiger partial charge < -0.3 is 5.73 Å². The Hall–Kier alpha value is -0.0800. The Bertz CT molecular complexity index is 231. The molecule has 0 bridgehead atoms. The van der Waals surface area contributed by atoms with Crippen LogP contribution in [-0.4, -0.2) is 29.6 Å². The molecule has 2 rings (SSSR count). The Labute approximate surface area is 101 Å². The van der Waals surface area contributed by atoms with Crippen LogP contribution in [0.3, 0.4) is 0 Å². The van der Waals surface area contributed by atoms with Crippen LogP contribution in [0.2, 0.25) is 0 Å². The summed E-state index contributed by atoms with van der Waals surface area (Å²) in [6.45, 7) is 9.12. The van der Waals surface area contributed by atoms with E-state index in [0.717, 1.165) is 18.4 Å². The van der Waals surface area contributed by atoms with Crippen LogP contribution >= 0.6 is 0 Å². The molecule has 2 aliphatic rings. The summed E-state index contributed by atoms with van der Waals surface area (Å²) in [5.41, 5.74) is 6.32. The molecule has 0 spiro atoms. The fourth-order valence-electron chi connectivity index (χ4n) is 2.89. The SMILES string of the molecule is CC(C)N(CC1CC1)C(C)(CN)CC1CC1. The number of hydrogen-bond acceptors (Lipinski definition) is 2. The van der Waals surface area contributed by atoms with Crippen molar-refractivity contribution in [1.29, 1.82) is 0 Å². The number of hydrogen-bond donors (Lipinski definition) is 1. The first-order valence-electron chi connectivity index (χ1n) is 7.02. The largest absolute Gasteiger partial charge is 0.329 e. The van der Waals surface area contributed by atoms with Gasteiger partial charge in [-0.05, 0) is 51.9 Å². The lowest BCUT2D eigenvalue weighted by atomic mass is 9.91. The second kappa shape index (κ2) is 4.66. The van der Waals surface area contributed by atoms with Crippen LogP contribution in [0.15, 0.2) is 0 Å². The Balaban J connectivity index is 1.99. The highest BCUT2D eigenvalue weighted by atomic mass is 15.2. The van der Waals surface area contributed by atoms with Crippen molar-refractivity contribution in [2.24, 2.45) is 17.6 Å². The molecule has 1 unspecified atom stereocenters. The maximum Gasteiger partial charge on any atom is 0.0309 e. The van der Waals surface area contributed by atoms with Crippen LogP contribution in [0.5, 0.6) is 0 Å². The minimum Gasteiger partial charge on any atom is -0.329 e. The molecular formula is C14H28N2. The molecule has 1 atom stereocenters. The van der Waals surface area contributed by atoms with E-state index in [0.29, 0.717) is 6.04 Å².